The number of benzene rings is 1. The summed E-state index contributed by atoms with van der Waals surface area (Å²) in [6.07, 6.45) is 1.18. The summed E-state index contributed by atoms with van der Waals surface area (Å²) in [5.41, 5.74) is 4.07. The highest BCUT2D eigenvalue weighted by molar-refractivity contribution is 7.12. The fraction of sp³-hybridized carbons (Fsp3) is 0.471. The smallest absolute Gasteiger partial charge is 0.124 e. The average molecular weight is 300 g/mol. The van der Waals surface area contributed by atoms with Crippen LogP contribution < -0.4 is 5.32 Å². The molecule has 4 rings (SSSR count). The molecule has 4 heteroatoms. The van der Waals surface area contributed by atoms with Crippen LogP contribution in [0.1, 0.15) is 35.4 Å². The summed E-state index contributed by atoms with van der Waals surface area (Å²) in [4.78, 5) is 6.34. The van der Waals surface area contributed by atoms with Crippen molar-refractivity contribution in [3.05, 3.63) is 39.7 Å². The molecule has 3 nitrogen and oxygen atoms in total. The standard InChI is InChI=1S/C17H20N2OS/c1-17(2)9-14-15(11-5-3-4-6-12(11)17)19-16(21-14)13-10-18-7-8-20-13/h3-6,13,18H,7-10H2,1-2H3. The Morgan fingerprint density at radius 1 is 1.33 bits per heavy atom. The highest BCUT2D eigenvalue weighted by Crippen LogP contribution is 2.45. The molecule has 2 aliphatic rings. The Hall–Kier alpha value is -1.23. The summed E-state index contributed by atoms with van der Waals surface area (Å²) in [5, 5.41) is 4.52. The first kappa shape index (κ1) is 13.4. The number of nitrogens with zero attached hydrogens (tertiary/aromatic N) is 1. The van der Waals surface area contributed by atoms with Gasteiger partial charge in [0, 0.05) is 23.5 Å². The van der Waals surface area contributed by atoms with Gasteiger partial charge in [0.25, 0.3) is 0 Å². The molecule has 1 N–H and O–H groups in total. The zero-order valence-corrected chi connectivity index (χ0v) is 13.3. The van der Waals surface area contributed by atoms with Gasteiger partial charge in [-0.2, -0.15) is 0 Å². The van der Waals surface area contributed by atoms with Crippen molar-refractivity contribution >= 4 is 11.3 Å². The molecule has 0 amide bonds. The first-order valence-electron chi connectivity index (χ1n) is 7.57. The molecule has 110 valence electrons. The third-order valence-electron chi connectivity index (χ3n) is 4.43. The second-order valence-electron chi connectivity index (χ2n) is 6.49. The van der Waals surface area contributed by atoms with Gasteiger partial charge < -0.3 is 10.1 Å². The van der Waals surface area contributed by atoms with Crippen LogP contribution in [0, 0.1) is 0 Å². The molecule has 1 saturated heterocycles. The van der Waals surface area contributed by atoms with E-state index in [0.717, 1.165) is 31.1 Å². The number of hydrogen-bond acceptors (Lipinski definition) is 4. The maximum atomic E-state index is 5.87. The summed E-state index contributed by atoms with van der Waals surface area (Å²) < 4.78 is 5.87. The molecule has 0 radical (unpaired) electrons. The maximum Gasteiger partial charge on any atom is 0.124 e. The van der Waals surface area contributed by atoms with Gasteiger partial charge in [0.2, 0.25) is 0 Å². The molecule has 1 atom stereocenters. The molecule has 1 unspecified atom stereocenters. The van der Waals surface area contributed by atoms with E-state index in [-0.39, 0.29) is 11.5 Å². The van der Waals surface area contributed by atoms with E-state index in [2.05, 4.69) is 43.4 Å². The molecular formula is C17H20N2OS. The number of aromatic nitrogens is 1. The Labute approximate surface area is 129 Å². The summed E-state index contributed by atoms with van der Waals surface area (Å²) in [6, 6.07) is 8.70. The number of rotatable bonds is 1. The van der Waals surface area contributed by atoms with Crippen LogP contribution in [0.5, 0.6) is 0 Å². The normalized spacial score (nSPS) is 23.4. The third-order valence-corrected chi connectivity index (χ3v) is 5.58. The molecule has 1 aliphatic carbocycles. The zero-order chi connectivity index (χ0) is 14.4. The average Bonchev–Trinajstić information content (AvgIpc) is 2.91. The number of nitrogens with one attached hydrogen (secondary N) is 1. The van der Waals surface area contributed by atoms with E-state index in [0.29, 0.717) is 0 Å². The van der Waals surface area contributed by atoms with Gasteiger partial charge in [-0.3, -0.25) is 0 Å². The minimum atomic E-state index is 0.115. The molecular weight excluding hydrogens is 280 g/mol. The largest absolute Gasteiger partial charge is 0.368 e. The van der Waals surface area contributed by atoms with Crippen LogP contribution >= 0.6 is 11.3 Å². The van der Waals surface area contributed by atoms with Crippen LogP contribution in [0.15, 0.2) is 24.3 Å². The fourth-order valence-corrected chi connectivity index (χ4v) is 4.70. The van der Waals surface area contributed by atoms with Crippen molar-refractivity contribution in [1.82, 2.24) is 10.3 Å². The van der Waals surface area contributed by atoms with E-state index in [1.807, 2.05) is 11.3 Å². The van der Waals surface area contributed by atoms with Gasteiger partial charge in [-0.15, -0.1) is 11.3 Å². The molecule has 1 aliphatic heterocycles. The van der Waals surface area contributed by atoms with Crippen molar-refractivity contribution in [3.63, 3.8) is 0 Å². The first-order chi connectivity index (χ1) is 10.1. The minimum absolute atomic E-state index is 0.115. The number of ether oxygens (including phenoxy) is 1. The zero-order valence-electron chi connectivity index (χ0n) is 12.5. The van der Waals surface area contributed by atoms with E-state index >= 15 is 0 Å². The Morgan fingerprint density at radius 3 is 3.00 bits per heavy atom. The molecule has 0 bridgehead atoms. The highest BCUT2D eigenvalue weighted by Gasteiger charge is 2.34. The van der Waals surface area contributed by atoms with Crippen LogP contribution in [0.2, 0.25) is 0 Å². The van der Waals surface area contributed by atoms with E-state index < -0.39 is 0 Å². The summed E-state index contributed by atoms with van der Waals surface area (Å²) >= 11 is 1.83. The van der Waals surface area contributed by atoms with Gasteiger partial charge >= 0.3 is 0 Å². The van der Waals surface area contributed by atoms with Crippen LogP contribution in [0.3, 0.4) is 0 Å². The second-order valence-corrected chi connectivity index (χ2v) is 7.61. The van der Waals surface area contributed by atoms with Crippen LogP contribution in [0.25, 0.3) is 11.3 Å². The number of morpholine rings is 1. The monoisotopic (exact) mass is 300 g/mol. The summed E-state index contributed by atoms with van der Waals surface area (Å²) in [5.74, 6) is 0. The molecule has 0 saturated carbocycles. The van der Waals surface area contributed by atoms with Crippen molar-refractivity contribution in [2.45, 2.75) is 31.8 Å². The minimum Gasteiger partial charge on any atom is -0.368 e. The third kappa shape index (κ3) is 2.22. The fourth-order valence-electron chi connectivity index (χ4n) is 3.34. The number of fused-ring (bicyclic) bond motifs is 3. The molecule has 1 fully saturated rings. The van der Waals surface area contributed by atoms with E-state index in [9.17, 15) is 0 Å². The van der Waals surface area contributed by atoms with Crippen molar-refractivity contribution in [3.8, 4) is 11.3 Å². The molecule has 2 aromatic rings. The molecule has 21 heavy (non-hydrogen) atoms. The number of thiazole rings is 1. The SMILES string of the molecule is CC1(C)Cc2sc(C3CNCCO3)nc2-c2ccccc21. The van der Waals surface area contributed by atoms with Crippen molar-refractivity contribution in [2.24, 2.45) is 0 Å². The van der Waals surface area contributed by atoms with Crippen molar-refractivity contribution in [1.29, 1.82) is 0 Å². The van der Waals surface area contributed by atoms with Gasteiger partial charge in [0.1, 0.15) is 11.1 Å². The quantitative estimate of drug-likeness (QED) is 0.877. The van der Waals surface area contributed by atoms with Crippen molar-refractivity contribution < 1.29 is 4.74 Å². The van der Waals surface area contributed by atoms with E-state index in [1.54, 1.807) is 0 Å². The van der Waals surface area contributed by atoms with Crippen LogP contribution in [0.4, 0.5) is 0 Å². The topological polar surface area (TPSA) is 34.1 Å². The van der Waals surface area contributed by atoms with Gasteiger partial charge in [-0.05, 0) is 17.4 Å². The van der Waals surface area contributed by atoms with Crippen LogP contribution in [-0.4, -0.2) is 24.7 Å². The van der Waals surface area contributed by atoms with Gasteiger partial charge in [-0.1, -0.05) is 38.1 Å². The summed E-state index contributed by atoms with van der Waals surface area (Å²) in [6.45, 7) is 7.24. The predicted octanol–water partition coefficient (Wildman–Crippen LogP) is 3.30. The molecule has 1 aromatic carbocycles. The van der Waals surface area contributed by atoms with Crippen LogP contribution in [-0.2, 0) is 16.6 Å². The molecule has 1 aromatic heterocycles. The van der Waals surface area contributed by atoms with Gasteiger partial charge in [0.05, 0.1) is 12.3 Å². The highest BCUT2D eigenvalue weighted by atomic mass is 32.1. The first-order valence-corrected chi connectivity index (χ1v) is 8.38. The maximum absolute atomic E-state index is 5.87. The van der Waals surface area contributed by atoms with E-state index in [1.165, 1.54) is 21.7 Å². The second kappa shape index (κ2) is 4.90. The Bertz CT molecular complexity index is 671. The predicted molar refractivity (Wildman–Crippen MR) is 85.8 cm³/mol. The lowest BCUT2D eigenvalue weighted by molar-refractivity contribution is 0.0276. The lowest BCUT2D eigenvalue weighted by atomic mass is 9.74. The lowest BCUT2D eigenvalue weighted by Gasteiger charge is -2.31. The Kier molecular flexibility index (Phi) is 3.14. The van der Waals surface area contributed by atoms with E-state index in [4.69, 9.17) is 9.72 Å². The summed E-state index contributed by atoms with van der Waals surface area (Å²) in [7, 11) is 0. The number of hydrogen-bond donors (Lipinski definition) is 1. The lowest BCUT2D eigenvalue weighted by Crippen LogP contribution is -2.33. The Morgan fingerprint density at radius 2 is 2.19 bits per heavy atom. The Balaban J connectivity index is 1.79. The van der Waals surface area contributed by atoms with Gasteiger partial charge in [-0.25, -0.2) is 4.98 Å². The molecule has 0 spiro atoms. The van der Waals surface area contributed by atoms with Crippen molar-refractivity contribution in [2.75, 3.05) is 19.7 Å². The van der Waals surface area contributed by atoms with Gasteiger partial charge in [0.15, 0.2) is 0 Å². The molecule has 2 heterocycles.